The normalized spacial score (nSPS) is 20.7. The first kappa shape index (κ1) is 54.6. The van der Waals surface area contributed by atoms with Crippen molar-refractivity contribution in [3.05, 3.63) is 94.6 Å². The molecule has 1 amide bonds. The molecule has 0 aliphatic carbocycles. The highest BCUT2D eigenvalue weighted by atomic mass is 19.1. The molecule has 82 heavy (non-hydrogen) atoms. The monoisotopic (exact) mass is 1130 g/mol. The minimum absolute atomic E-state index is 0.131. The largest absolute Gasteiger partial charge is 0.381 e. The number of rotatable bonds is 7. The minimum atomic E-state index is -0.657. The SMILES string of the molecule is CCC(=O)N1CCN(c2nc3cc(F)cc(F)c3c(N3CC4(CCOCC4)c4ncc(N5CCOCC5)cc43)c2C)CC1.Cc1c(N2CCNCC2)nc2cc(F)cc(F)c2c1N1CC2(CCOCC2)c2ncc(N3CCOCC3)cc21. The average Bonchev–Trinajstić information content (AvgIpc) is 2.99. The molecule has 2 spiro atoms. The van der Waals surface area contributed by atoms with Gasteiger partial charge < -0.3 is 58.6 Å². The Kier molecular flexibility index (Phi) is 15.0. The number of carbonyl (C=O) groups excluding carboxylic acids is 1. The number of aromatic nitrogens is 4. The van der Waals surface area contributed by atoms with Gasteiger partial charge in [0.05, 0.1) is 106 Å². The van der Waals surface area contributed by atoms with Gasteiger partial charge in [-0.05, 0) is 51.7 Å². The molecule has 17 nitrogen and oxygen atoms in total. The maximum Gasteiger partial charge on any atom is 0.222 e. The number of carbonyl (C=O) groups is 1. The third kappa shape index (κ3) is 9.86. The Labute approximate surface area is 475 Å². The molecule has 21 heteroatoms. The number of anilines is 8. The molecule has 12 heterocycles. The van der Waals surface area contributed by atoms with Crippen molar-refractivity contribution in [3.63, 3.8) is 0 Å². The summed E-state index contributed by atoms with van der Waals surface area (Å²) in [5.74, 6) is -0.875. The van der Waals surface area contributed by atoms with Crippen LogP contribution in [0.4, 0.5) is 63.3 Å². The zero-order valence-corrected chi connectivity index (χ0v) is 47.2. The summed E-state index contributed by atoms with van der Waals surface area (Å²) in [6, 6.07) is 8.99. The maximum absolute atomic E-state index is 15.9. The van der Waals surface area contributed by atoms with Crippen molar-refractivity contribution >= 4 is 73.5 Å². The predicted molar refractivity (Wildman–Crippen MR) is 309 cm³/mol. The van der Waals surface area contributed by atoms with E-state index in [1.807, 2.05) is 38.1 Å². The Hall–Kier alpha value is -6.65. The molecule has 434 valence electrons. The number of nitrogens with one attached hydrogen (secondary N) is 1. The lowest BCUT2D eigenvalue weighted by Crippen LogP contribution is -2.49. The van der Waals surface area contributed by atoms with Crippen LogP contribution in [0.2, 0.25) is 0 Å². The molecule has 0 radical (unpaired) electrons. The second kappa shape index (κ2) is 22.5. The molecular formula is C61H72F4N12O5. The fourth-order valence-corrected chi connectivity index (χ4v) is 14.0. The van der Waals surface area contributed by atoms with E-state index in [-0.39, 0.29) is 22.3 Å². The summed E-state index contributed by atoms with van der Waals surface area (Å²) in [5.41, 5.74) is 9.44. The second-order valence-electron chi connectivity index (χ2n) is 23.1. The first-order chi connectivity index (χ1) is 39.9. The molecule has 6 saturated heterocycles. The van der Waals surface area contributed by atoms with Crippen LogP contribution in [0.15, 0.2) is 48.8 Å². The van der Waals surface area contributed by atoms with Crippen LogP contribution in [-0.4, -0.2) is 175 Å². The van der Waals surface area contributed by atoms with Crippen LogP contribution in [0.5, 0.6) is 0 Å². The molecule has 0 bridgehead atoms. The fraction of sp³-hybridized carbons (Fsp3) is 0.525. The highest BCUT2D eigenvalue weighted by Crippen LogP contribution is 2.54. The van der Waals surface area contributed by atoms with E-state index >= 15 is 8.78 Å². The van der Waals surface area contributed by atoms with E-state index in [1.54, 1.807) is 0 Å². The van der Waals surface area contributed by atoms with Gasteiger partial charge >= 0.3 is 0 Å². The van der Waals surface area contributed by atoms with Crippen molar-refractivity contribution < 1.29 is 41.3 Å². The molecule has 0 saturated carbocycles. The van der Waals surface area contributed by atoms with E-state index in [0.717, 1.165) is 147 Å². The lowest BCUT2D eigenvalue weighted by atomic mass is 9.78. The number of morpholine rings is 2. The zero-order chi connectivity index (χ0) is 56.3. The minimum Gasteiger partial charge on any atom is -0.381 e. The number of fused-ring (bicyclic) bond motifs is 6. The van der Waals surface area contributed by atoms with Gasteiger partial charge in [0, 0.05) is 171 Å². The summed E-state index contributed by atoms with van der Waals surface area (Å²) in [4.78, 5) is 47.4. The molecule has 0 atom stereocenters. The van der Waals surface area contributed by atoms with Crippen LogP contribution in [0.1, 0.15) is 61.5 Å². The number of benzene rings is 2. The molecule has 4 aromatic heterocycles. The first-order valence-electron chi connectivity index (χ1n) is 29.4. The van der Waals surface area contributed by atoms with Crippen molar-refractivity contribution in [3.8, 4) is 0 Å². The van der Waals surface area contributed by atoms with Gasteiger partial charge in [0.25, 0.3) is 0 Å². The summed E-state index contributed by atoms with van der Waals surface area (Å²) >= 11 is 0. The summed E-state index contributed by atoms with van der Waals surface area (Å²) in [6.07, 6.45) is 7.75. The van der Waals surface area contributed by atoms with Crippen LogP contribution in [0, 0.1) is 37.1 Å². The second-order valence-corrected chi connectivity index (χ2v) is 23.1. The Morgan fingerprint density at radius 2 is 0.951 bits per heavy atom. The average molecular weight is 1130 g/mol. The first-order valence-corrected chi connectivity index (χ1v) is 29.4. The van der Waals surface area contributed by atoms with E-state index in [9.17, 15) is 13.6 Å². The van der Waals surface area contributed by atoms with Gasteiger partial charge in [-0.15, -0.1) is 0 Å². The lowest BCUT2D eigenvalue weighted by Gasteiger charge is -2.37. The van der Waals surface area contributed by atoms with E-state index in [2.05, 4.69) is 46.8 Å². The predicted octanol–water partition coefficient (Wildman–Crippen LogP) is 7.97. The number of amides is 1. The third-order valence-electron chi connectivity index (χ3n) is 18.4. The van der Waals surface area contributed by atoms with Crippen molar-refractivity contribution in [1.82, 2.24) is 30.2 Å². The quantitative estimate of drug-likeness (QED) is 0.155. The van der Waals surface area contributed by atoms with Gasteiger partial charge in [-0.2, -0.15) is 0 Å². The van der Waals surface area contributed by atoms with Crippen LogP contribution in [-0.2, 0) is 34.6 Å². The van der Waals surface area contributed by atoms with Gasteiger partial charge in [0.2, 0.25) is 5.91 Å². The highest BCUT2D eigenvalue weighted by molar-refractivity contribution is 6.01. The number of nitrogens with zero attached hydrogens (tertiary/aromatic N) is 11. The molecule has 8 aliphatic heterocycles. The van der Waals surface area contributed by atoms with Crippen LogP contribution >= 0.6 is 0 Å². The van der Waals surface area contributed by atoms with Gasteiger partial charge in [0.15, 0.2) is 0 Å². The molecule has 6 fully saturated rings. The molecule has 1 N–H and O–H groups in total. The fourth-order valence-electron chi connectivity index (χ4n) is 14.0. The molecule has 14 rings (SSSR count). The molecule has 6 aromatic rings. The van der Waals surface area contributed by atoms with Crippen molar-refractivity contribution in [1.29, 1.82) is 0 Å². The standard InChI is InChI=1S/C32H38F2N6O3.C29H34F2N6O2/c1-3-27(41)38-6-8-39(9-7-38)31-21(2)29(28-24(34)16-22(33)17-25(28)36-31)40-20-32(4-12-42-13-5-32)30-26(40)18-23(19-35-30)37-10-14-43-15-11-37;1-19-26(25-22(31)14-20(30)15-23(25)34-28(19)36-6-4-32-5-7-36)37-18-29(2-10-38-11-3-29)27-24(37)16-21(17-33-27)35-8-12-39-13-9-35/h16-19H,3-15,20H2,1-2H3;14-17,32H,2-13,18H2,1H3. The summed E-state index contributed by atoms with van der Waals surface area (Å²) in [6.45, 7) is 21.3. The number of hydrogen-bond acceptors (Lipinski definition) is 16. The van der Waals surface area contributed by atoms with Crippen molar-refractivity contribution in [2.24, 2.45) is 0 Å². The van der Waals surface area contributed by atoms with E-state index in [0.29, 0.717) is 126 Å². The summed E-state index contributed by atoms with van der Waals surface area (Å²) in [7, 11) is 0. The smallest absolute Gasteiger partial charge is 0.222 e. The number of hydrogen-bond donors (Lipinski definition) is 1. The van der Waals surface area contributed by atoms with E-state index in [1.165, 1.54) is 12.1 Å². The van der Waals surface area contributed by atoms with Crippen LogP contribution < -0.4 is 34.7 Å². The van der Waals surface area contributed by atoms with Gasteiger partial charge in [-0.3, -0.25) is 14.8 Å². The van der Waals surface area contributed by atoms with Crippen LogP contribution in [0.3, 0.4) is 0 Å². The summed E-state index contributed by atoms with van der Waals surface area (Å²) in [5, 5.41) is 4.06. The summed E-state index contributed by atoms with van der Waals surface area (Å²) < 4.78 is 83.4. The zero-order valence-electron chi connectivity index (χ0n) is 47.2. The Morgan fingerprint density at radius 1 is 0.537 bits per heavy atom. The van der Waals surface area contributed by atoms with Crippen molar-refractivity contribution in [2.75, 3.05) is 174 Å². The topological polar surface area (TPSA) is 140 Å². The Morgan fingerprint density at radius 3 is 1.38 bits per heavy atom. The number of halogens is 4. The van der Waals surface area contributed by atoms with Crippen molar-refractivity contribution in [2.45, 2.75) is 63.7 Å². The highest BCUT2D eigenvalue weighted by Gasteiger charge is 2.49. The number of ether oxygens (including phenoxy) is 4. The Balaban J connectivity index is 0.000000155. The van der Waals surface area contributed by atoms with Gasteiger partial charge in [0.1, 0.15) is 34.9 Å². The van der Waals surface area contributed by atoms with E-state index in [4.69, 9.17) is 38.9 Å². The maximum atomic E-state index is 15.9. The van der Waals surface area contributed by atoms with Gasteiger partial charge in [-0.1, -0.05) is 6.92 Å². The third-order valence-corrected chi connectivity index (χ3v) is 18.4. The van der Waals surface area contributed by atoms with Crippen LogP contribution in [0.25, 0.3) is 21.8 Å². The molecule has 8 aliphatic rings. The molecule has 0 unspecified atom stereocenters. The van der Waals surface area contributed by atoms with Gasteiger partial charge in [-0.25, -0.2) is 27.5 Å². The van der Waals surface area contributed by atoms with E-state index < -0.39 is 23.3 Å². The number of piperazine rings is 2. The molecule has 2 aromatic carbocycles. The lowest BCUT2D eigenvalue weighted by molar-refractivity contribution is -0.131. The number of pyridine rings is 4. The molecular weight excluding hydrogens is 1060 g/mol. The Bertz CT molecular complexity index is 3390.